The second kappa shape index (κ2) is 4.80. The van der Waals surface area contributed by atoms with Crippen molar-refractivity contribution in [1.82, 2.24) is 9.97 Å². The Labute approximate surface area is 114 Å². The molecule has 8 nitrogen and oxygen atoms in total. The highest BCUT2D eigenvalue weighted by molar-refractivity contribution is 5.59. The molecule has 1 saturated carbocycles. The topological polar surface area (TPSA) is 111 Å². The van der Waals surface area contributed by atoms with Crippen LogP contribution in [0.15, 0.2) is 29.0 Å². The summed E-state index contributed by atoms with van der Waals surface area (Å²) in [6.45, 7) is 0.426. The number of aromatic nitrogens is 2. The molecule has 2 heterocycles. The van der Waals surface area contributed by atoms with Crippen molar-refractivity contribution < 1.29 is 9.34 Å². The Kier molecular flexibility index (Phi) is 2.97. The normalized spacial score (nSPS) is 14.2. The van der Waals surface area contributed by atoms with Crippen molar-refractivity contribution in [2.45, 2.75) is 25.4 Å². The van der Waals surface area contributed by atoms with Crippen LogP contribution in [0.25, 0.3) is 0 Å². The molecule has 0 saturated heterocycles. The molecule has 1 aliphatic carbocycles. The minimum Gasteiger partial charge on any atom is -0.467 e. The summed E-state index contributed by atoms with van der Waals surface area (Å²) in [5, 5.41) is 11.1. The molecule has 0 radical (unpaired) electrons. The third-order valence-electron chi connectivity index (χ3n) is 3.13. The number of nitrogens with two attached hydrogens (primary N) is 1. The molecular formula is C12H13N5O3. The SMILES string of the molecule is Nc1ncc([N+](=O)[O-])c(N(Cc2ccco2)C2CC2)n1. The summed E-state index contributed by atoms with van der Waals surface area (Å²) >= 11 is 0. The first-order valence-corrected chi connectivity index (χ1v) is 6.21. The van der Waals surface area contributed by atoms with E-state index < -0.39 is 4.92 Å². The Morgan fingerprint density at radius 2 is 2.35 bits per heavy atom. The predicted octanol–water partition coefficient (Wildman–Crippen LogP) is 1.73. The van der Waals surface area contributed by atoms with Gasteiger partial charge in [0.15, 0.2) is 0 Å². The molecule has 1 aliphatic rings. The molecule has 2 N–H and O–H groups in total. The van der Waals surface area contributed by atoms with E-state index in [0.29, 0.717) is 6.54 Å². The number of nitrogens with zero attached hydrogens (tertiary/aromatic N) is 4. The first-order valence-electron chi connectivity index (χ1n) is 6.21. The standard InChI is InChI=1S/C12H13N5O3/c13-12-14-6-10(17(18)19)11(15-12)16(8-3-4-8)7-9-2-1-5-20-9/h1-2,5-6,8H,3-4,7H2,(H2,13,14,15). The van der Waals surface area contributed by atoms with Gasteiger partial charge in [-0.1, -0.05) is 0 Å². The van der Waals surface area contributed by atoms with Crippen LogP contribution in [0.5, 0.6) is 0 Å². The number of nitrogen functional groups attached to an aromatic ring is 1. The Morgan fingerprint density at radius 1 is 1.55 bits per heavy atom. The Bertz CT molecular complexity index is 624. The number of anilines is 2. The van der Waals surface area contributed by atoms with E-state index in [1.54, 1.807) is 12.3 Å². The fourth-order valence-corrected chi connectivity index (χ4v) is 2.05. The van der Waals surface area contributed by atoms with Gasteiger partial charge in [-0.15, -0.1) is 0 Å². The predicted molar refractivity (Wildman–Crippen MR) is 71.0 cm³/mol. The van der Waals surface area contributed by atoms with E-state index in [4.69, 9.17) is 10.2 Å². The van der Waals surface area contributed by atoms with Crippen molar-refractivity contribution in [3.63, 3.8) is 0 Å². The van der Waals surface area contributed by atoms with E-state index in [1.165, 1.54) is 0 Å². The van der Waals surface area contributed by atoms with Gasteiger partial charge in [0.05, 0.1) is 17.7 Å². The van der Waals surface area contributed by atoms with E-state index in [9.17, 15) is 10.1 Å². The zero-order valence-electron chi connectivity index (χ0n) is 10.6. The van der Waals surface area contributed by atoms with Crippen molar-refractivity contribution in [3.8, 4) is 0 Å². The zero-order chi connectivity index (χ0) is 14.1. The van der Waals surface area contributed by atoms with E-state index >= 15 is 0 Å². The van der Waals surface area contributed by atoms with Gasteiger partial charge in [-0.05, 0) is 25.0 Å². The van der Waals surface area contributed by atoms with Crippen LogP contribution in [-0.2, 0) is 6.54 Å². The Hall–Kier alpha value is -2.64. The third-order valence-corrected chi connectivity index (χ3v) is 3.13. The van der Waals surface area contributed by atoms with Gasteiger partial charge in [0, 0.05) is 6.04 Å². The van der Waals surface area contributed by atoms with E-state index in [1.807, 2.05) is 11.0 Å². The molecule has 0 unspecified atom stereocenters. The highest BCUT2D eigenvalue weighted by Gasteiger charge is 2.35. The van der Waals surface area contributed by atoms with Gasteiger partial charge < -0.3 is 15.1 Å². The Balaban J connectivity index is 1.98. The lowest BCUT2D eigenvalue weighted by Gasteiger charge is -2.21. The van der Waals surface area contributed by atoms with Gasteiger partial charge in [0.2, 0.25) is 11.8 Å². The van der Waals surface area contributed by atoms with Gasteiger partial charge in [-0.25, -0.2) is 4.98 Å². The molecule has 0 amide bonds. The summed E-state index contributed by atoms with van der Waals surface area (Å²) < 4.78 is 5.31. The summed E-state index contributed by atoms with van der Waals surface area (Å²) in [6, 6.07) is 3.84. The van der Waals surface area contributed by atoms with Gasteiger partial charge in [-0.3, -0.25) is 10.1 Å². The maximum atomic E-state index is 11.1. The van der Waals surface area contributed by atoms with Crippen LogP contribution in [0.4, 0.5) is 17.5 Å². The van der Waals surface area contributed by atoms with E-state index in [2.05, 4.69) is 9.97 Å². The highest BCUT2D eigenvalue weighted by atomic mass is 16.6. The van der Waals surface area contributed by atoms with Crippen LogP contribution >= 0.6 is 0 Å². The van der Waals surface area contributed by atoms with Crippen molar-refractivity contribution >= 4 is 17.5 Å². The lowest BCUT2D eigenvalue weighted by Crippen LogP contribution is -2.27. The minimum atomic E-state index is -0.494. The second-order valence-electron chi connectivity index (χ2n) is 4.63. The van der Waals surface area contributed by atoms with Crippen LogP contribution in [-0.4, -0.2) is 20.9 Å². The largest absolute Gasteiger partial charge is 0.467 e. The van der Waals surface area contributed by atoms with Crippen molar-refractivity contribution in [2.24, 2.45) is 0 Å². The van der Waals surface area contributed by atoms with E-state index in [-0.39, 0.29) is 23.5 Å². The lowest BCUT2D eigenvalue weighted by molar-refractivity contribution is -0.384. The summed E-state index contributed by atoms with van der Waals surface area (Å²) in [4.78, 5) is 20.2. The monoisotopic (exact) mass is 275 g/mol. The number of furan rings is 1. The van der Waals surface area contributed by atoms with Crippen LogP contribution in [0.3, 0.4) is 0 Å². The lowest BCUT2D eigenvalue weighted by atomic mass is 10.3. The molecule has 8 heteroatoms. The number of hydrogen-bond donors (Lipinski definition) is 1. The fourth-order valence-electron chi connectivity index (χ4n) is 2.05. The van der Waals surface area contributed by atoms with Crippen molar-refractivity contribution in [3.05, 3.63) is 40.5 Å². The zero-order valence-corrected chi connectivity index (χ0v) is 10.6. The van der Waals surface area contributed by atoms with Crippen LogP contribution in [0, 0.1) is 10.1 Å². The minimum absolute atomic E-state index is 0.0238. The molecule has 1 fully saturated rings. The van der Waals surface area contributed by atoms with E-state index in [0.717, 1.165) is 24.8 Å². The quantitative estimate of drug-likeness (QED) is 0.653. The average Bonchev–Trinajstić information content (AvgIpc) is 3.12. The van der Waals surface area contributed by atoms with Crippen molar-refractivity contribution in [2.75, 3.05) is 10.6 Å². The molecule has 0 aliphatic heterocycles. The van der Waals surface area contributed by atoms with Gasteiger partial charge in [0.25, 0.3) is 0 Å². The van der Waals surface area contributed by atoms with Gasteiger partial charge >= 0.3 is 5.69 Å². The maximum absolute atomic E-state index is 11.1. The van der Waals surface area contributed by atoms with Crippen LogP contribution in [0.2, 0.25) is 0 Å². The highest BCUT2D eigenvalue weighted by Crippen LogP contribution is 2.36. The molecule has 20 heavy (non-hydrogen) atoms. The molecule has 0 aromatic carbocycles. The molecule has 2 aromatic heterocycles. The smallest absolute Gasteiger partial charge is 0.329 e. The first kappa shape index (κ1) is 12.4. The molecule has 0 bridgehead atoms. The first-order chi connectivity index (χ1) is 9.65. The number of hydrogen-bond acceptors (Lipinski definition) is 7. The average molecular weight is 275 g/mol. The number of rotatable bonds is 5. The maximum Gasteiger partial charge on any atom is 0.329 e. The van der Waals surface area contributed by atoms with Gasteiger partial charge in [-0.2, -0.15) is 4.98 Å². The van der Waals surface area contributed by atoms with Crippen LogP contribution < -0.4 is 10.6 Å². The summed E-state index contributed by atoms with van der Waals surface area (Å²) in [7, 11) is 0. The van der Waals surface area contributed by atoms with Gasteiger partial charge in [0.1, 0.15) is 12.0 Å². The summed E-state index contributed by atoms with van der Waals surface area (Å²) in [6.07, 6.45) is 4.67. The van der Waals surface area contributed by atoms with Crippen molar-refractivity contribution in [1.29, 1.82) is 0 Å². The molecule has 3 rings (SSSR count). The molecule has 0 spiro atoms. The summed E-state index contributed by atoms with van der Waals surface area (Å²) in [5.74, 6) is 1.00. The number of nitro groups is 1. The third kappa shape index (κ3) is 2.40. The molecular weight excluding hydrogens is 262 g/mol. The summed E-state index contributed by atoms with van der Waals surface area (Å²) in [5.41, 5.74) is 5.42. The second-order valence-corrected chi connectivity index (χ2v) is 4.63. The molecule has 0 atom stereocenters. The Morgan fingerprint density at radius 3 is 2.95 bits per heavy atom. The molecule has 2 aromatic rings. The molecule has 104 valence electrons. The fraction of sp³-hybridized carbons (Fsp3) is 0.333. The van der Waals surface area contributed by atoms with Crippen LogP contribution in [0.1, 0.15) is 18.6 Å².